The summed E-state index contributed by atoms with van der Waals surface area (Å²) in [6, 6.07) is 7.60. The Morgan fingerprint density at radius 1 is 0.865 bits per heavy atom. The van der Waals surface area contributed by atoms with Gasteiger partial charge in [-0.3, -0.25) is 14.4 Å². The Morgan fingerprint density at radius 2 is 1.35 bits per heavy atom. The van der Waals surface area contributed by atoms with Crippen molar-refractivity contribution >= 4 is 41.0 Å². The van der Waals surface area contributed by atoms with Gasteiger partial charge in [-0.2, -0.15) is 0 Å². The molecule has 0 heterocycles. The predicted octanol–water partition coefficient (Wildman–Crippen LogP) is 4.12. The van der Waals surface area contributed by atoms with E-state index in [4.69, 9.17) is 32.7 Å². The molecule has 0 radical (unpaired) electrons. The van der Waals surface area contributed by atoms with Crippen molar-refractivity contribution in [2.24, 2.45) is 5.92 Å². The fraction of sp³-hybridized carbons (Fsp3) is 0.400. The monoisotopic (exact) mass is 556 g/mol. The van der Waals surface area contributed by atoms with Gasteiger partial charge in [0.15, 0.2) is 13.2 Å². The van der Waals surface area contributed by atoms with Gasteiger partial charge in [0.2, 0.25) is 0 Å². The lowest BCUT2D eigenvalue weighted by atomic mass is 9.56. The number of nitrogens with one attached hydrogen (secondary N) is 2. The first-order chi connectivity index (χ1) is 17.5. The number of aliphatic carboxylic acids is 1. The molecule has 2 amide bonds. The van der Waals surface area contributed by atoms with Crippen LogP contribution in [-0.2, 0) is 14.4 Å². The zero-order valence-corrected chi connectivity index (χ0v) is 21.0. The van der Waals surface area contributed by atoms with Gasteiger partial charge in [-0.15, -0.1) is 0 Å². The third-order valence-electron chi connectivity index (χ3n) is 6.97. The summed E-state index contributed by atoms with van der Waals surface area (Å²) in [7, 11) is 0. The lowest BCUT2D eigenvalue weighted by Crippen LogP contribution is -2.69. The predicted molar refractivity (Wildman–Crippen MR) is 130 cm³/mol. The summed E-state index contributed by atoms with van der Waals surface area (Å²) in [4.78, 5) is 37.4. The molecule has 0 aromatic heterocycles. The Balaban J connectivity index is 1.35. The SMILES string of the molecule is O=C(COc1ccc(Cl)c(F)c1)NC12CCC(NC(=O)COc3ccc(Cl)c(F)c3)(CC1)C(C(=O)O)C2. The first-order valence-electron chi connectivity index (χ1n) is 11.5. The molecule has 3 aliphatic rings. The Labute approximate surface area is 221 Å². The van der Waals surface area contributed by atoms with Crippen LogP contribution >= 0.6 is 23.2 Å². The van der Waals surface area contributed by atoms with Gasteiger partial charge in [0.05, 0.1) is 21.5 Å². The number of halogens is 4. The summed E-state index contributed by atoms with van der Waals surface area (Å²) in [6.45, 7) is -0.815. The van der Waals surface area contributed by atoms with Crippen molar-refractivity contribution < 1.29 is 37.7 Å². The van der Waals surface area contributed by atoms with Gasteiger partial charge in [-0.25, -0.2) is 8.78 Å². The van der Waals surface area contributed by atoms with Gasteiger partial charge < -0.3 is 25.2 Å². The van der Waals surface area contributed by atoms with E-state index >= 15 is 0 Å². The maximum absolute atomic E-state index is 13.6. The van der Waals surface area contributed by atoms with Crippen LogP contribution in [0.2, 0.25) is 10.0 Å². The van der Waals surface area contributed by atoms with Crippen molar-refractivity contribution in [3.05, 3.63) is 58.1 Å². The van der Waals surface area contributed by atoms with Crippen molar-refractivity contribution in [3.8, 4) is 11.5 Å². The average molecular weight is 557 g/mol. The molecular formula is C25H24Cl2F2N2O6. The second-order valence-electron chi connectivity index (χ2n) is 9.36. The van der Waals surface area contributed by atoms with Crippen molar-refractivity contribution in [1.29, 1.82) is 0 Å². The van der Waals surface area contributed by atoms with Crippen LogP contribution < -0.4 is 20.1 Å². The summed E-state index contributed by atoms with van der Waals surface area (Å²) in [6.07, 6.45) is 1.67. The molecule has 0 aliphatic heterocycles. The number of carboxylic acid groups (broad SMARTS) is 1. The fourth-order valence-corrected chi connectivity index (χ4v) is 5.34. The maximum Gasteiger partial charge on any atom is 0.308 e. The standard InChI is InChI=1S/C25H24Cl2F2N2O6/c26-17-3-1-14(9-19(17)28)36-12-21(32)30-24-5-7-25(8-6-24,16(11-24)23(34)35)31-22(33)13-37-15-2-4-18(27)20(29)10-15/h1-4,9-10,16H,5-8,11-13H2,(H,30,32)(H,31,33)(H,34,35). The highest BCUT2D eigenvalue weighted by atomic mass is 35.5. The van der Waals surface area contributed by atoms with Gasteiger partial charge in [0, 0.05) is 17.7 Å². The topological polar surface area (TPSA) is 114 Å². The lowest BCUT2D eigenvalue weighted by molar-refractivity contribution is -0.154. The second-order valence-corrected chi connectivity index (χ2v) is 10.2. The second kappa shape index (κ2) is 10.7. The molecule has 8 nitrogen and oxygen atoms in total. The third kappa shape index (κ3) is 6.07. The van der Waals surface area contributed by atoms with Crippen LogP contribution in [0.1, 0.15) is 32.1 Å². The number of amides is 2. The van der Waals surface area contributed by atoms with Crippen LogP contribution in [0, 0.1) is 17.6 Å². The Hall–Kier alpha value is -3.11. The Morgan fingerprint density at radius 3 is 1.81 bits per heavy atom. The molecule has 2 aromatic rings. The molecule has 37 heavy (non-hydrogen) atoms. The van der Waals surface area contributed by atoms with E-state index in [-0.39, 0.29) is 34.6 Å². The zero-order valence-electron chi connectivity index (χ0n) is 19.5. The van der Waals surface area contributed by atoms with E-state index in [1.807, 2.05) is 0 Å². The molecule has 0 spiro atoms. The number of benzene rings is 2. The molecule has 3 aliphatic carbocycles. The van der Waals surface area contributed by atoms with E-state index in [2.05, 4.69) is 10.6 Å². The normalized spacial score (nSPS) is 24.3. The minimum absolute atomic E-state index is 0.0687. The number of hydrogen-bond acceptors (Lipinski definition) is 5. The number of carbonyl (C=O) groups excluding carboxylic acids is 2. The van der Waals surface area contributed by atoms with Crippen LogP contribution in [0.4, 0.5) is 8.78 Å². The fourth-order valence-electron chi connectivity index (χ4n) is 5.10. The smallest absolute Gasteiger partial charge is 0.308 e. The van der Waals surface area contributed by atoms with E-state index in [0.29, 0.717) is 25.7 Å². The van der Waals surface area contributed by atoms with Gasteiger partial charge in [0.1, 0.15) is 23.1 Å². The van der Waals surface area contributed by atoms with Gasteiger partial charge >= 0.3 is 5.97 Å². The molecule has 3 saturated carbocycles. The van der Waals surface area contributed by atoms with Gasteiger partial charge in [-0.1, -0.05) is 23.2 Å². The molecule has 3 N–H and O–H groups in total. The quantitative estimate of drug-likeness (QED) is 0.428. The highest BCUT2D eigenvalue weighted by molar-refractivity contribution is 6.31. The summed E-state index contributed by atoms with van der Waals surface area (Å²) >= 11 is 11.3. The van der Waals surface area contributed by atoms with Crippen molar-refractivity contribution in [3.63, 3.8) is 0 Å². The first kappa shape index (κ1) is 26.9. The van der Waals surface area contributed by atoms with Gasteiger partial charge in [-0.05, 0) is 56.4 Å². The third-order valence-corrected chi connectivity index (χ3v) is 7.59. The number of carbonyl (C=O) groups is 3. The highest BCUT2D eigenvalue weighted by Gasteiger charge is 2.58. The maximum atomic E-state index is 13.6. The molecule has 198 valence electrons. The van der Waals surface area contributed by atoms with Crippen LogP contribution in [0.3, 0.4) is 0 Å². The lowest BCUT2D eigenvalue weighted by Gasteiger charge is -2.56. The molecule has 1 atom stereocenters. The summed E-state index contributed by atoms with van der Waals surface area (Å²) < 4.78 is 37.9. The van der Waals surface area contributed by atoms with Crippen LogP contribution in [0.15, 0.2) is 36.4 Å². The summed E-state index contributed by atoms with van der Waals surface area (Å²) in [5.74, 6) is -4.16. The number of carboxylic acids is 1. The largest absolute Gasteiger partial charge is 0.484 e. The Kier molecular flexibility index (Phi) is 7.80. The summed E-state index contributed by atoms with van der Waals surface area (Å²) in [5, 5.41) is 15.5. The van der Waals surface area contributed by atoms with E-state index in [9.17, 15) is 28.3 Å². The molecule has 5 rings (SSSR count). The number of rotatable bonds is 9. The van der Waals surface area contributed by atoms with Crippen molar-refractivity contribution in [2.45, 2.75) is 43.2 Å². The van der Waals surface area contributed by atoms with Crippen LogP contribution in [0.25, 0.3) is 0 Å². The van der Waals surface area contributed by atoms with E-state index < -0.39 is 53.0 Å². The molecule has 2 aromatic carbocycles. The van der Waals surface area contributed by atoms with Crippen LogP contribution in [0.5, 0.6) is 11.5 Å². The number of hydrogen-bond donors (Lipinski definition) is 3. The van der Waals surface area contributed by atoms with E-state index in [1.54, 1.807) is 0 Å². The first-order valence-corrected chi connectivity index (χ1v) is 12.3. The van der Waals surface area contributed by atoms with Gasteiger partial charge in [0.25, 0.3) is 11.8 Å². The molecule has 2 bridgehead atoms. The van der Waals surface area contributed by atoms with Crippen molar-refractivity contribution in [1.82, 2.24) is 10.6 Å². The minimum Gasteiger partial charge on any atom is -0.484 e. The average Bonchev–Trinajstić information content (AvgIpc) is 2.86. The van der Waals surface area contributed by atoms with E-state index in [1.165, 1.54) is 24.3 Å². The minimum atomic E-state index is -1.09. The molecular weight excluding hydrogens is 533 g/mol. The zero-order chi connectivity index (χ0) is 26.8. The molecule has 0 saturated heterocycles. The summed E-state index contributed by atoms with van der Waals surface area (Å²) in [5.41, 5.74) is -1.76. The molecule has 1 unspecified atom stereocenters. The number of ether oxygens (including phenoxy) is 2. The number of fused-ring (bicyclic) bond motifs is 3. The Bertz CT molecular complexity index is 1220. The molecule has 3 fully saturated rings. The van der Waals surface area contributed by atoms with Crippen molar-refractivity contribution in [2.75, 3.05) is 13.2 Å². The van der Waals surface area contributed by atoms with E-state index in [0.717, 1.165) is 12.1 Å². The molecule has 12 heteroatoms. The van der Waals surface area contributed by atoms with Crippen LogP contribution in [-0.4, -0.2) is 47.2 Å². The highest BCUT2D eigenvalue weighted by Crippen LogP contribution is 2.50.